The molecule has 18 heavy (non-hydrogen) atoms. The summed E-state index contributed by atoms with van der Waals surface area (Å²) < 4.78 is 14.8. The van der Waals surface area contributed by atoms with E-state index in [9.17, 15) is 4.79 Å². The molecule has 0 radical (unpaired) electrons. The minimum Gasteiger partial charge on any atom is -0.481 e. The summed E-state index contributed by atoms with van der Waals surface area (Å²) in [6.07, 6.45) is 0.562. The summed E-state index contributed by atoms with van der Waals surface area (Å²) in [6.45, 7) is 1.06. The first kappa shape index (κ1) is 14.0. The summed E-state index contributed by atoms with van der Waals surface area (Å²) >= 11 is 0. The Balaban J connectivity index is 2.52. The van der Waals surface area contributed by atoms with E-state index in [0.717, 1.165) is 0 Å². The average Bonchev–Trinajstić information content (AvgIpc) is 2.37. The van der Waals surface area contributed by atoms with E-state index in [1.165, 1.54) is 20.5 Å². The lowest BCUT2D eigenvalue weighted by molar-refractivity contribution is 0.157. The first-order valence-electron chi connectivity index (χ1n) is 5.23. The molecule has 1 aromatic heterocycles. The van der Waals surface area contributed by atoms with E-state index in [0.29, 0.717) is 30.4 Å². The number of carbonyl (C=O) groups is 1. The van der Waals surface area contributed by atoms with Crippen LogP contribution in [-0.2, 0) is 11.3 Å². The van der Waals surface area contributed by atoms with Crippen molar-refractivity contribution in [3.05, 3.63) is 11.9 Å². The van der Waals surface area contributed by atoms with E-state index in [-0.39, 0.29) is 6.61 Å². The highest BCUT2D eigenvalue weighted by Gasteiger charge is 2.11. The summed E-state index contributed by atoms with van der Waals surface area (Å²) in [5, 5.41) is 3.03. The third kappa shape index (κ3) is 4.06. The van der Waals surface area contributed by atoms with E-state index < -0.39 is 6.09 Å². The molecule has 0 aromatic carbocycles. The van der Waals surface area contributed by atoms with Gasteiger partial charge < -0.3 is 25.3 Å². The minimum absolute atomic E-state index is 0.188. The summed E-state index contributed by atoms with van der Waals surface area (Å²) in [6, 6.07) is 0. The van der Waals surface area contributed by atoms with Crippen molar-refractivity contribution in [2.75, 3.05) is 27.4 Å². The Morgan fingerprint density at radius 1 is 1.33 bits per heavy atom. The largest absolute Gasteiger partial charge is 0.481 e. The van der Waals surface area contributed by atoms with Crippen LogP contribution in [0.15, 0.2) is 6.33 Å². The average molecular weight is 256 g/mol. The first-order valence-corrected chi connectivity index (χ1v) is 5.23. The maximum Gasteiger partial charge on any atom is 0.404 e. The van der Waals surface area contributed by atoms with Crippen LogP contribution in [0.3, 0.4) is 0 Å². The van der Waals surface area contributed by atoms with Gasteiger partial charge in [0.1, 0.15) is 12.9 Å². The first-order chi connectivity index (χ1) is 8.69. The van der Waals surface area contributed by atoms with Crippen molar-refractivity contribution in [3.8, 4) is 11.8 Å². The van der Waals surface area contributed by atoms with Crippen LogP contribution in [0.5, 0.6) is 11.8 Å². The second-order valence-corrected chi connectivity index (χ2v) is 3.22. The van der Waals surface area contributed by atoms with Gasteiger partial charge in [0.2, 0.25) is 11.8 Å². The molecule has 0 aliphatic heterocycles. The standard InChI is InChI=1S/C10H16N4O4/c1-16-8-7(9(17-2)14-6-13-8)5-12-3-4-18-10(11)15/h6,12H,3-5H2,1-2H3,(H2,11,15). The topological polar surface area (TPSA) is 109 Å². The van der Waals surface area contributed by atoms with Crippen molar-refractivity contribution >= 4 is 6.09 Å². The lowest BCUT2D eigenvalue weighted by atomic mass is 10.3. The fourth-order valence-electron chi connectivity index (χ4n) is 1.32. The van der Waals surface area contributed by atoms with Crippen LogP contribution >= 0.6 is 0 Å². The van der Waals surface area contributed by atoms with E-state index >= 15 is 0 Å². The number of carbonyl (C=O) groups excluding carboxylic acids is 1. The Labute approximate surface area is 104 Å². The third-order valence-electron chi connectivity index (χ3n) is 2.08. The van der Waals surface area contributed by atoms with Gasteiger partial charge in [-0.05, 0) is 0 Å². The molecule has 0 bridgehead atoms. The van der Waals surface area contributed by atoms with Gasteiger partial charge in [0.15, 0.2) is 0 Å². The highest BCUT2D eigenvalue weighted by Crippen LogP contribution is 2.22. The molecule has 1 aromatic rings. The van der Waals surface area contributed by atoms with Crippen LogP contribution in [0.2, 0.25) is 0 Å². The monoisotopic (exact) mass is 256 g/mol. The fourth-order valence-corrected chi connectivity index (χ4v) is 1.32. The van der Waals surface area contributed by atoms with Crippen molar-refractivity contribution in [3.63, 3.8) is 0 Å². The molecule has 0 unspecified atom stereocenters. The number of nitrogens with zero attached hydrogens (tertiary/aromatic N) is 2. The number of primary amides is 1. The van der Waals surface area contributed by atoms with E-state index in [1.54, 1.807) is 0 Å². The zero-order valence-corrected chi connectivity index (χ0v) is 10.3. The Morgan fingerprint density at radius 3 is 2.44 bits per heavy atom. The zero-order chi connectivity index (χ0) is 13.4. The highest BCUT2D eigenvalue weighted by atomic mass is 16.5. The lowest BCUT2D eigenvalue weighted by Gasteiger charge is -2.11. The van der Waals surface area contributed by atoms with Crippen molar-refractivity contribution in [2.24, 2.45) is 5.73 Å². The van der Waals surface area contributed by atoms with Crippen LogP contribution in [0.4, 0.5) is 4.79 Å². The van der Waals surface area contributed by atoms with Gasteiger partial charge in [-0.2, -0.15) is 0 Å². The second kappa shape index (κ2) is 7.28. The van der Waals surface area contributed by atoms with Crippen LogP contribution in [0.1, 0.15) is 5.56 Å². The molecule has 0 aliphatic rings. The Morgan fingerprint density at radius 2 is 1.94 bits per heavy atom. The van der Waals surface area contributed by atoms with Gasteiger partial charge in [-0.1, -0.05) is 0 Å². The molecule has 0 aliphatic carbocycles. The number of nitrogens with one attached hydrogen (secondary N) is 1. The molecule has 1 rings (SSSR count). The van der Waals surface area contributed by atoms with Gasteiger partial charge in [-0.25, -0.2) is 14.8 Å². The number of ether oxygens (including phenoxy) is 3. The number of aromatic nitrogens is 2. The molecule has 3 N–H and O–H groups in total. The van der Waals surface area contributed by atoms with Gasteiger partial charge in [-0.3, -0.25) is 0 Å². The Bertz CT molecular complexity index is 377. The molecular formula is C10H16N4O4. The molecule has 0 saturated heterocycles. The zero-order valence-electron chi connectivity index (χ0n) is 10.3. The fraction of sp³-hybridized carbons (Fsp3) is 0.500. The molecule has 0 fully saturated rings. The van der Waals surface area contributed by atoms with Crippen LogP contribution in [0, 0.1) is 0 Å². The predicted octanol–water partition coefficient (Wildman–Crippen LogP) is -0.321. The molecule has 0 atom stereocenters. The SMILES string of the molecule is COc1ncnc(OC)c1CNCCOC(N)=O. The number of hydrogen-bond donors (Lipinski definition) is 2. The molecular weight excluding hydrogens is 240 g/mol. The Kier molecular flexibility index (Phi) is 5.65. The maximum absolute atomic E-state index is 10.3. The summed E-state index contributed by atoms with van der Waals surface area (Å²) in [5.74, 6) is 0.871. The van der Waals surface area contributed by atoms with Gasteiger partial charge in [-0.15, -0.1) is 0 Å². The van der Waals surface area contributed by atoms with E-state index in [1.807, 2.05) is 0 Å². The van der Waals surface area contributed by atoms with Crippen LogP contribution < -0.4 is 20.5 Å². The minimum atomic E-state index is -0.796. The molecule has 8 nitrogen and oxygen atoms in total. The molecule has 1 amide bonds. The van der Waals surface area contributed by atoms with E-state index in [4.69, 9.17) is 15.2 Å². The van der Waals surface area contributed by atoms with Gasteiger partial charge >= 0.3 is 6.09 Å². The smallest absolute Gasteiger partial charge is 0.404 e. The maximum atomic E-state index is 10.3. The van der Waals surface area contributed by atoms with Crippen molar-refractivity contribution in [1.82, 2.24) is 15.3 Å². The Hall–Kier alpha value is -2.09. The molecule has 0 spiro atoms. The van der Waals surface area contributed by atoms with Crippen molar-refractivity contribution in [1.29, 1.82) is 0 Å². The second-order valence-electron chi connectivity index (χ2n) is 3.22. The number of hydrogen-bond acceptors (Lipinski definition) is 7. The number of nitrogens with two attached hydrogens (primary N) is 1. The highest BCUT2D eigenvalue weighted by molar-refractivity contribution is 5.64. The van der Waals surface area contributed by atoms with Gasteiger partial charge in [0.25, 0.3) is 0 Å². The number of amides is 1. The van der Waals surface area contributed by atoms with Crippen molar-refractivity contribution in [2.45, 2.75) is 6.54 Å². The van der Waals surface area contributed by atoms with Crippen molar-refractivity contribution < 1.29 is 19.0 Å². The van der Waals surface area contributed by atoms with E-state index in [2.05, 4.69) is 20.0 Å². The van der Waals surface area contributed by atoms with Crippen LogP contribution in [-0.4, -0.2) is 43.4 Å². The summed E-state index contributed by atoms with van der Waals surface area (Å²) in [5.41, 5.74) is 5.52. The summed E-state index contributed by atoms with van der Waals surface area (Å²) in [7, 11) is 3.03. The van der Waals surface area contributed by atoms with Crippen LogP contribution in [0.25, 0.3) is 0 Å². The number of rotatable bonds is 7. The predicted molar refractivity (Wildman–Crippen MR) is 62.4 cm³/mol. The number of methoxy groups -OCH3 is 2. The van der Waals surface area contributed by atoms with Gasteiger partial charge in [0.05, 0.1) is 19.8 Å². The quantitative estimate of drug-likeness (QED) is 0.643. The lowest BCUT2D eigenvalue weighted by Crippen LogP contribution is -2.23. The summed E-state index contributed by atoms with van der Waals surface area (Å²) in [4.78, 5) is 18.3. The molecule has 8 heteroatoms. The molecule has 100 valence electrons. The van der Waals surface area contributed by atoms with Gasteiger partial charge in [0, 0.05) is 13.1 Å². The molecule has 1 heterocycles. The third-order valence-corrected chi connectivity index (χ3v) is 2.08. The normalized spacial score (nSPS) is 9.89. The molecule has 0 saturated carbocycles.